The second-order valence-electron chi connectivity index (χ2n) is 19.1. The zero-order valence-electron chi connectivity index (χ0n) is 42.9. The van der Waals surface area contributed by atoms with Crippen molar-refractivity contribution >= 4 is 23.9 Å². The molecule has 0 saturated carbocycles. The summed E-state index contributed by atoms with van der Waals surface area (Å²) in [5.74, 6) is -0.187. The molecule has 0 heterocycles. The largest absolute Gasteiger partial charge is 0.466 e. The smallest absolute Gasteiger partial charge is 0.306 e. The lowest BCUT2D eigenvalue weighted by molar-refractivity contribution is -0.150. The second kappa shape index (κ2) is 50.3. The molecule has 378 valence electrons. The number of unbranched alkanes of at least 4 members (excludes halogenated alkanes) is 29. The molecule has 0 spiro atoms. The molecule has 0 aromatic rings. The molecule has 0 saturated heterocycles. The first-order chi connectivity index (χ1) is 31.4. The minimum atomic E-state index is -0.0577. The summed E-state index contributed by atoms with van der Waals surface area (Å²) in [6.07, 6.45) is 47.7. The predicted molar refractivity (Wildman–Crippen MR) is 268 cm³/mol. The normalized spacial score (nSPS) is 12.2. The van der Waals surface area contributed by atoms with Gasteiger partial charge in [0.1, 0.15) is 12.2 Å². The van der Waals surface area contributed by atoms with E-state index in [-0.39, 0.29) is 36.1 Å². The molecular weight excluding hydrogens is 801 g/mol. The van der Waals surface area contributed by atoms with Crippen LogP contribution >= 0.6 is 0 Å². The molecule has 0 radical (unpaired) electrons. The average molecular weight is 907 g/mol. The summed E-state index contributed by atoms with van der Waals surface area (Å²) in [4.78, 5) is 48.6. The van der Waals surface area contributed by atoms with Crippen molar-refractivity contribution < 1.29 is 38.1 Å². The average Bonchev–Trinajstić information content (AvgIpc) is 3.27. The molecule has 0 aliphatic rings. The first-order valence-corrected chi connectivity index (χ1v) is 28.1. The Labute approximate surface area is 396 Å². The van der Waals surface area contributed by atoms with Gasteiger partial charge in [-0.1, -0.05) is 195 Å². The highest BCUT2D eigenvalue weighted by Crippen LogP contribution is 2.20. The predicted octanol–water partition coefficient (Wildman–Crippen LogP) is 17.1. The van der Waals surface area contributed by atoms with Gasteiger partial charge in [0.15, 0.2) is 0 Å². The van der Waals surface area contributed by atoms with E-state index in [2.05, 4.69) is 13.8 Å². The van der Waals surface area contributed by atoms with Gasteiger partial charge in [-0.25, -0.2) is 0 Å². The summed E-state index contributed by atoms with van der Waals surface area (Å²) in [7, 11) is 0. The highest BCUT2D eigenvalue weighted by molar-refractivity contribution is 5.70. The molecule has 0 aliphatic heterocycles. The maximum atomic E-state index is 12.2. The van der Waals surface area contributed by atoms with Crippen LogP contribution in [0, 0.1) is 0 Å². The summed E-state index contributed by atoms with van der Waals surface area (Å²) in [6, 6.07) is 0. The van der Waals surface area contributed by atoms with Crippen molar-refractivity contribution in [3.63, 3.8) is 0 Å². The minimum absolute atomic E-state index is 0.0361. The van der Waals surface area contributed by atoms with Gasteiger partial charge in [-0.15, -0.1) is 0 Å². The standard InChI is InChI=1S/C56H106O8/c1-5-9-11-13-19-26-34-44-52(64-56(60)42-8-4)46-36-28-24-30-38-48-54(58)62-50-40-32-23-18-16-15-17-22-31-39-49-61-53(57)47-37-29-21-20-27-35-45-51(63-55(59)41-7-3)43-33-25-14-12-10-6-2/h51-52H,5-50H2,1-4H3. The highest BCUT2D eigenvalue weighted by Gasteiger charge is 2.15. The van der Waals surface area contributed by atoms with Crippen LogP contribution < -0.4 is 0 Å². The van der Waals surface area contributed by atoms with E-state index in [0.29, 0.717) is 38.9 Å². The van der Waals surface area contributed by atoms with Gasteiger partial charge in [0.05, 0.1) is 13.2 Å². The summed E-state index contributed by atoms with van der Waals surface area (Å²) < 4.78 is 22.6. The Bertz CT molecular complexity index is 1030. The molecule has 0 aliphatic carbocycles. The molecule has 0 aromatic carbocycles. The lowest BCUT2D eigenvalue weighted by atomic mass is 10.0. The molecule has 0 bridgehead atoms. The van der Waals surface area contributed by atoms with Crippen molar-refractivity contribution in [2.45, 2.75) is 322 Å². The fourth-order valence-corrected chi connectivity index (χ4v) is 8.56. The molecule has 8 nitrogen and oxygen atoms in total. The van der Waals surface area contributed by atoms with Crippen LogP contribution in [0.15, 0.2) is 0 Å². The molecular formula is C56H106O8. The van der Waals surface area contributed by atoms with E-state index in [1.54, 1.807) is 0 Å². The number of esters is 4. The van der Waals surface area contributed by atoms with E-state index < -0.39 is 0 Å². The van der Waals surface area contributed by atoms with Crippen LogP contribution in [0.5, 0.6) is 0 Å². The molecule has 8 heteroatoms. The Morgan fingerprint density at radius 1 is 0.266 bits per heavy atom. The van der Waals surface area contributed by atoms with Crippen LogP contribution in [0.1, 0.15) is 310 Å². The monoisotopic (exact) mass is 907 g/mol. The molecule has 0 N–H and O–H groups in total. The van der Waals surface area contributed by atoms with Gasteiger partial charge in [0.25, 0.3) is 0 Å². The number of hydrogen-bond donors (Lipinski definition) is 0. The quantitative estimate of drug-likeness (QED) is 0.0338. The zero-order valence-corrected chi connectivity index (χ0v) is 42.9. The van der Waals surface area contributed by atoms with Crippen LogP contribution in [-0.2, 0) is 38.1 Å². The van der Waals surface area contributed by atoms with Crippen LogP contribution in [0.2, 0.25) is 0 Å². The number of ether oxygens (including phenoxy) is 4. The molecule has 64 heavy (non-hydrogen) atoms. The van der Waals surface area contributed by atoms with Crippen molar-refractivity contribution in [3.05, 3.63) is 0 Å². The highest BCUT2D eigenvalue weighted by atomic mass is 16.5. The fraction of sp³-hybridized carbons (Fsp3) is 0.929. The molecule has 0 amide bonds. The van der Waals surface area contributed by atoms with Gasteiger partial charge in [0.2, 0.25) is 0 Å². The topological polar surface area (TPSA) is 105 Å². The second-order valence-corrected chi connectivity index (χ2v) is 19.1. The van der Waals surface area contributed by atoms with E-state index in [0.717, 1.165) is 141 Å². The first kappa shape index (κ1) is 61.9. The Kier molecular flexibility index (Phi) is 48.6. The zero-order chi connectivity index (χ0) is 46.8. The van der Waals surface area contributed by atoms with Gasteiger partial charge >= 0.3 is 23.9 Å². The summed E-state index contributed by atoms with van der Waals surface area (Å²) >= 11 is 0. The lowest BCUT2D eigenvalue weighted by Crippen LogP contribution is -2.18. The van der Waals surface area contributed by atoms with Crippen molar-refractivity contribution in [1.29, 1.82) is 0 Å². The molecule has 0 rings (SSSR count). The third-order valence-electron chi connectivity index (χ3n) is 12.6. The number of hydrogen-bond acceptors (Lipinski definition) is 8. The van der Waals surface area contributed by atoms with Gasteiger partial charge < -0.3 is 18.9 Å². The number of carbonyl (C=O) groups excluding carboxylic acids is 4. The Morgan fingerprint density at radius 3 is 0.797 bits per heavy atom. The summed E-state index contributed by atoms with van der Waals surface area (Å²) in [5.41, 5.74) is 0. The molecule has 0 aromatic heterocycles. The van der Waals surface area contributed by atoms with Crippen molar-refractivity contribution in [3.8, 4) is 0 Å². The molecule has 0 fully saturated rings. The van der Waals surface area contributed by atoms with Gasteiger partial charge in [-0.05, 0) is 89.9 Å². The maximum absolute atomic E-state index is 12.2. The van der Waals surface area contributed by atoms with Gasteiger partial charge in [-0.3, -0.25) is 19.2 Å². The van der Waals surface area contributed by atoms with Gasteiger partial charge in [0, 0.05) is 25.7 Å². The third-order valence-corrected chi connectivity index (χ3v) is 12.6. The minimum Gasteiger partial charge on any atom is -0.466 e. The molecule has 2 atom stereocenters. The SMILES string of the molecule is CCCCCCCCCC(CCCCCCCC(=O)OCCCCCCCCCCCCOC(=O)CCCCCCCCC(CCCCCCCC)OC(=O)CCC)OC(=O)CCC. The van der Waals surface area contributed by atoms with Crippen LogP contribution in [-0.4, -0.2) is 49.3 Å². The van der Waals surface area contributed by atoms with E-state index in [1.807, 2.05) is 13.8 Å². The lowest BCUT2D eigenvalue weighted by Gasteiger charge is -2.18. The molecule has 2 unspecified atom stereocenters. The summed E-state index contributed by atoms with van der Waals surface area (Å²) in [6.45, 7) is 9.64. The van der Waals surface area contributed by atoms with Gasteiger partial charge in [-0.2, -0.15) is 0 Å². The Hall–Kier alpha value is -2.12. The Balaban J connectivity index is 3.64. The third kappa shape index (κ3) is 46.4. The van der Waals surface area contributed by atoms with Crippen LogP contribution in [0.3, 0.4) is 0 Å². The summed E-state index contributed by atoms with van der Waals surface area (Å²) in [5, 5.41) is 0. The van der Waals surface area contributed by atoms with E-state index in [4.69, 9.17) is 18.9 Å². The van der Waals surface area contributed by atoms with Crippen molar-refractivity contribution in [1.82, 2.24) is 0 Å². The number of rotatable bonds is 51. The Morgan fingerprint density at radius 2 is 0.516 bits per heavy atom. The van der Waals surface area contributed by atoms with Crippen molar-refractivity contribution in [2.24, 2.45) is 0 Å². The fourth-order valence-electron chi connectivity index (χ4n) is 8.56. The van der Waals surface area contributed by atoms with Crippen LogP contribution in [0.25, 0.3) is 0 Å². The maximum Gasteiger partial charge on any atom is 0.306 e. The van der Waals surface area contributed by atoms with E-state index in [1.165, 1.54) is 116 Å². The van der Waals surface area contributed by atoms with Crippen molar-refractivity contribution in [2.75, 3.05) is 13.2 Å². The van der Waals surface area contributed by atoms with Crippen LogP contribution in [0.4, 0.5) is 0 Å². The number of carbonyl (C=O) groups is 4. The van der Waals surface area contributed by atoms with E-state index >= 15 is 0 Å². The van der Waals surface area contributed by atoms with E-state index in [9.17, 15) is 19.2 Å². The first-order valence-electron chi connectivity index (χ1n) is 28.1.